The molecule has 0 saturated carbocycles. The summed E-state index contributed by atoms with van der Waals surface area (Å²) in [6.45, 7) is 8.06. The molecule has 2 aromatic rings. The Kier molecular flexibility index (Phi) is 6.85. The Morgan fingerprint density at radius 1 is 1.21 bits per heavy atom. The maximum Gasteiger partial charge on any atom is 0.193 e. The van der Waals surface area contributed by atoms with E-state index in [1.54, 1.807) is 0 Å². The minimum atomic E-state index is 0.504. The van der Waals surface area contributed by atoms with E-state index in [4.69, 9.17) is 5.73 Å². The first-order valence-corrected chi connectivity index (χ1v) is 8.81. The van der Waals surface area contributed by atoms with E-state index in [9.17, 15) is 0 Å². The van der Waals surface area contributed by atoms with Crippen molar-refractivity contribution in [3.05, 3.63) is 47.5 Å². The van der Waals surface area contributed by atoms with Crippen molar-refractivity contribution >= 4 is 11.6 Å². The molecular formula is C19H29N5. The van der Waals surface area contributed by atoms with Gasteiger partial charge in [0.25, 0.3) is 0 Å². The normalized spacial score (nSPS) is 11.7. The molecule has 1 heterocycles. The summed E-state index contributed by atoms with van der Waals surface area (Å²) < 4.78 is 2.16. The van der Waals surface area contributed by atoms with Crippen molar-refractivity contribution < 1.29 is 0 Å². The van der Waals surface area contributed by atoms with Gasteiger partial charge in [0.15, 0.2) is 5.96 Å². The highest BCUT2D eigenvalue weighted by Gasteiger charge is 2.06. The summed E-state index contributed by atoms with van der Waals surface area (Å²) in [5.41, 5.74) is 9.76. The number of para-hydroxylation sites is 1. The standard InChI is InChI=1S/C19H29N5/c1-4-16-9-8-10-17(5-2)18(16)23-19(20)22-11-6-7-13-24-14-12-21-15(24)3/h8-10,12,14H,4-7,11,13H2,1-3H3,(H3,20,22,23). The fourth-order valence-electron chi connectivity index (χ4n) is 2.80. The molecule has 0 spiro atoms. The first kappa shape index (κ1) is 18.0. The summed E-state index contributed by atoms with van der Waals surface area (Å²) in [6.07, 6.45) is 7.89. The fraction of sp³-hybridized carbons (Fsp3) is 0.474. The van der Waals surface area contributed by atoms with E-state index in [1.165, 1.54) is 11.1 Å². The van der Waals surface area contributed by atoms with E-state index in [1.807, 2.05) is 19.3 Å². The van der Waals surface area contributed by atoms with Crippen LogP contribution < -0.4 is 11.1 Å². The van der Waals surface area contributed by atoms with Crippen LogP contribution in [0.2, 0.25) is 0 Å². The number of hydrogen-bond acceptors (Lipinski definition) is 2. The summed E-state index contributed by atoms with van der Waals surface area (Å²) >= 11 is 0. The van der Waals surface area contributed by atoms with Crippen molar-refractivity contribution in [3.63, 3.8) is 0 Å². The first-order valence-electron chi connectivity index (χ1n) is 8.81. The van der Waals surface area contributed by atoms with Crippen LogP contribution in [-0.2, 0) is 19.4 Å². The number of aliphatic imine (C=N–C) groups is 1. The van der Waals surface area contributed by atoms with E-state index in [2.05, 4.69) is 51.9 Å². The molecule has 2 rings (SSSR count). The predicted molar refractivity (Wildman–Crippen MR) is 102 cm³/mol. The number of nitrogens with one attached hydrogen (secondary N) is 1. The maximum atomic E-state index is 6.08. The van der Waals surface area contributed by atoms with Crippen LogP contribution in [0.3, 0.4) is 0 Å². The SMILES string of the molecule is CCc1cccc(CC)c1NC(N)=NCCCCn1ccnc1C. The number of anilines is 1. The third-order valence-corrected chi connectivity index (χ3v) is 4.26. The zero-order chi connectivity index (χ0) is 17.4. The third-order valence-electron chi connectivity index (χ3n) is 4.26. The molecule has 0 bridgehead atoms. The Morgan fingerprint density at radius 3 is 2.50 bits per heavy atom. The van der Waals surface area contributed by atoms with Gasteiger partial charge >= 0.3 is 0 Å². The lowest BCUT2D eigenvalue weighted by molar-refractivity contribution is 0.602. The minimum Gasteiger partial charge on any atom is -0.370 e. The van der Waals surface area contributed by atoms with Crippen LogP contribution in [0.25, 0.3) is 0 Å². The van der Waals surface area contributed by atoms with Gasteiger partial charge in [0.1, 0.15) is 5.82 Å². The Morgan fingerprint density at radius 2 is 1.92 bits per heavy atom. The van der Waals surface area contributed by atoms with E-state index in [0.29, 0.717) is 5.96 Å². The summed E-state index contributed by atoms with van der Waals surface area (Å²) in [5.74, 6) is 1.56. The molecule has 3 N–H and O–H groups in total. The Hall–Kier alpha value is -2.30. The summed E-state index contributed by atoms with van der Waals surface area (Å²) in [5, 5.41) is 3.31. The molecule has 0 aliphatic carbocycles. The molecule has 0 radical (unpaired) electrons. The van der Waals surface area contributed by atoms with Gasteiger partial charge in [-0.2, -0.15) is 0 Å². The van der Waals surface area contributed by atoms with Gasteiger partial charge in [-0.25, -0.2) is 4.98 Å². The second-order valence-electron chi connectivity index (χ2n) is 5.93. The van der Waals surface area contributed by atoms with Crippen LogP contribution in [0.15, 0.2) is 35.6 Å². The van der Waals surface area contributed by atoms with Crippen LogP contribution in [0.5, 0.6) is 0 Å². The smallest absolute Gasteiger partial charge is 0.193 e. The highest BCUT2D eigenvalue weighted by Crippen LogP contribution is 2.22. The molecule has 0 aliphatic heterocycles. The average molecular weight is 327 g/mol. The largest absolute Gasteiger partial charge is 0.370 e. The first-order chi connectivity index (χ1) is 11.7. The monoisotopic (exact) mass is 327 g/mol. The van der Waals surface area contributed by atoms with Gasteiger partial charge in [0, 0.05) is 31.2 Å². The number of imidazole rings is 1. The van der Waals surface area contributed by atoms with Crippen molar-refractivity contribution in [1.82, 2.24) is 9.55 Å². The molecule has 5 nitrogen and oxygen atoms in total. The molecule has 24 heavy (non-hydrogen) atoms. The highest BCUT2D eigenvalue weighted by atomic mass is 15.1. The second kappa shape index (κ2) is 9.11. The quantitative estimate of drug-likeness (QED) is 0.443. The molecule has 130 valence electrons. The lowest BCUT2D eigenvalue weighted by Gasteiger charge is -2.14. The number of guanidine groups is 1. The number of benzene rings is 1. The molecule has 0 saturated heterocycles. The van der Waals surface area contributed by atoms with Gasteiger partial charge < -0.3 is 15.6 Å². The van der Waals surface area contributed by atoms with Crippen molar-refractivity contribution in [3.8, 4) is 0 Å². The Labute approximate surface area is 145 Å². The fourth-order valence-corrected chi connectivity index (χ4v) is 2.80. The molecule has 0 fully saturated rings. The number of nitrogens with zero attached hydrogens (tertiary/aromatic N) is 3. The highest BCUT2D eigenvalue weighted by molar-refractivity contribution is 5.93. The summed E-state index contributed by atoms with van der Waals surface area (Å²) in [6, 6.07) is 6.39. The maximum absolute atomic E-state index is 6.08. The van der Waals surface area contributed by atoms with Gasteiger partial charge in [0.05, 0.1) is 0 Å². The lowest BCUT2D eigenvalue weighted by Crippen LogP contribution is -2.24. The number of aryl methyl sites for hydroxylation is 4. The molecule has 1 aromatic carbocycles. The number of rotatable bonds is 8. The van der Waals surface area contributed by atoms with E-state index in [0.717, 1.165) is 50.3 Å². The number of unbranched alkanes of at least 4 members (excludes halogenated alkanes) is 1. The van der Waals surface area contributed by atoms with Crippen LogP contribution in [0, 0.1) is 6.92 Å². The zero-order valence-electron chi connectivity index (χ0n) is 15.0. The molecule has 0 aliphatic rings. The molecule has 5 heteroatoms. The number of nitrogens with two attached hydrogens (primary N) is 1. The van der Waals surface area contributed by atoms with Crippen molar-refractivity contribution in [2.45, 2.75) is 53.0 Å². The average Bonchev–Trinajstić information content (AvgIpc) is 2.99. The minimum absolute atomic E-state index is 0.504. The summed E-state index contributed by atoms with van der Waals surface area (Å²) in [4.78, 5) is 8.70. The molecule has 0 unspecified atom stereocenters. The van der Waals surface area contributed by atoms with E-state index < -0.39 is 0 Å². The van der Waals surface area contributed by atoms with Crippen LogP contribution >= 0.6 is 0 Å². The Bertz CT molecular complexity index is 650. The van der Waals surface area contributed by atoms with Crippen LogP contribution in [0.4, 0.5) is 5.69 Å². The van der Waals surface area contributed by atoms with Gasteiger partial charge in [-0.05, 0) is 43.7 Å². The number of hydrogen-bond donors (Lipinski definition) is 2. The molecule has 1 aromatic heterocycles. The van der Waals surface area contributed by atoms with Gasteiger partial charge in [-0.1, -0.05) is 32.0 Å². The van der Waals surface area contributed by atoms with Crippen molar-refractivity contribution in [1.29, 1.82) is 0 Å². The van der Waals surface area contributed by atoms with E-state index in [-0.39, 0.29) is 0 Å². The van der Waals surface area contributed by atoms with E-state index >= 15 is 0 Å². The Balaban J connectivity index is 1.85. The second-order valence-corrected chi connectivity index (χ2v) is 5.93. The van der Waals surface area contributed by atoms with Gasteiger partial charge in [0.2, 0.25) is 0 Å². The molecule has 0 atom stereocenters. The van der Waals surface area contributed by atoms with Crippen molar-refractivity contribution in [2.24, 2.45) is 10.7 Å². The zero-order valence-corrected chi connectivity index (χ0v) is 15.0. The van der Waals surface area contributed by atoms with Gasteiger partial charge in [-0.3, -0.25) is 4.99 Å². The predicted octanol–water partition coefficient (Wildman–Crippen LogP) is 3.52. The molecular weight excluding hydrogens is 298 g/mol. The summed E-state index contributed by atoms with van der Waals surface area (Å²) in [7, 11) is 0. The molecule has 0 amide bonds. The van der Waals surface area contributed by atoms with Gasteiger partial charge in [-0.15, -0.1) is 0 Å². The van der Waals surface area contributed by atoms with Crippen LogP contribution in [-0.4, -0.2) is 22.1 Å². The number of aromatic nitrogens is 2. The van der Waals surface area contributed by atoms with Crippen molar-refractivity contribution in [2.75, 3.05) is 11.9 Å². The van der Waals surface area contributed by atoms with Crippen LogP contribution in [0.1, 0.15) is 43.6 Å². The lowest BCUT2D eigenvalue weighted by atomic mass is 10.0. The third kappa shape index (κ3) is 4.85. The topological polar surface area (TPSA) is 68.2 Å².